The van der Waals surface area contributed by atoms with E-state index in [1.165, 1.54) is 25.7 Å². The van der Waals surface area contributed by atoms with Gasteiger partial charge >= 0.3 is 0 Å². The van der Waals surface area contributed by atoms with Crippen molar-refractivity contribution >= 4 is 0 Å². The second kappa shape index (κ2) is 5.86. The Balaban J connectivity index is 2.30. The van der Waals surface area contributed by atoms with Crippen LogP contribution in [0.15, 0.2) is 0 Å². The molecule has 1 fully saturated rings. The van der Waals surface area contributed by atoms with Gasteiger partial charge in [-0.1, -0.05) is 13.3 Å². The Labute approximate surface area is 94.8 Å². The summed E-state index contributed by atoms with van der Waals surface area (Å²) in [6, 6.07) is 0.721. The van der Waals surface area contributed by atoms with Crippen molar-refractivity contribution in [3.8, 4) is 0 Å². The minimum Gasteiger partial charge on any atom is -0.379 e. The molecule has 0 radical (unpaired) electrons. The quantitative estimate of drug-likeness (QED) is 0.702. The van der Waals surface area contributed by atoms with E-state index in [9.17, 15) is 0 Å². The lowest BCUT2D eigenvalue weighted by atomic mass is 9.77. The monoisotopic (exact) mass is 213 g/mol. The van der Waals surface area contributed by atoms with Crippen LogP contribution in [0.25, 0.3) is 0 Å². The van der Waals surface area contributed by atoms with Gasteiger partial charge in [0.05, 0.1) is 5.60 Å². The van der Waals surface area contributed by atoms with Crippen molar-refractivity contribution in [1.82, 2.24) is 5.32 Å². The zero-order valence-corrected chi connectivity index (χ0v) is 10.8. The van der Waals surface area contributed by atoms with Crippen LogP contribution in [0.5, 0.6) is 0 Å². The fourth-order valence-corrected chi connectivity index (χ4v) is 2.21. The Morgan fingerprint density at radius 1 is 1.40 bits per heavy atom. The highest BCUT2D eigenvalue weighted by Gasteiger charge is 2.28. The Morgan fingerprint density at radius 3 is 2.47 bits per heavy atom. The Hall–Kier alpha value is -0.0800. The molecule has 1 rings (SSSR count). The molecule has 0 spiro atoms. The Bertz CT molecular complexity index is 175. The maximum Gasteiger partial charge on any atom is 0.0623 e. The zero-order chi connectivity index (χ0) is 11.3. The summed E-state index contributed by atoms with van der Waals surface area (Å²) in [6.45, 7) is 7.65. The second-order valence-corrected chi connectivity index (χ2v) is 5.36. The standard InChI is InChI=1S/C13H27NO/c1-5-14-12(11-7-6-8-11)9-10-13(2,3)15-4/h11-12,14H,5-10H2,1-4H3. The molecule has 0 aromatic carbocycles. The number of hydrogen-bond acceptors (Lipinski definition) is 2. The Kier molecular flexibility index (Phi) is 5.07. The van der Waals surface area contributed by atoms with Crippen molar-refractivity contribution in [3.05, 3.63) is 0 Å². The van der Waals surface area contributed by atoms with E-state index in [0.29, 0.717) is 0 Å². The smallest absolute Gasteiger partial charge is 0.0623 e. The third-order valence-electron chi connectivity index (χ3n) is 3.80. The van der Waals surface area contributed by atoms with Gasteiger partial charge in [0.25, 0.3) is 0 Å². The fraction of sp³-hybridized carbons (Fsp3) is 1.00. The SMILES string of the molecule is CCNC(CCC(C)(C)OC)C1CCC1. The van der Waals surface area contributed by atoms with E-state index in [1.54, 1.807) is 0 Å². The van der Waals surface area contributed by atoms with Gasteiger partial charge < -0.3 is 10.1 Å². The van der Waals surface area contributed by atoms with Crippen LogP contribution in [0.1, 0.15) is 52.9 Å². The van der Waals surface area contributed by atoms with E-state index in [-0.39, 0.29) is 5.60 Å². The molecule has 1 aliphatic rings. The van der Waals surface area contributed by atoms with Gasteiger partial charge in [-0.05, 0) is 52.0 Å². The predicted octanol–water partition coefficient (Wildman–Crippen LogP) is 2.97. The first-order chi connectivity index (χ1) is 7.09. The van der Waals surface area contributed by atoms with Crippen LogP contribution >= 0.6 is 0 Å². The van der Waals surface area contributed by atoms with E-state index in [4.69, 9.17) is 4.74 Å². The van der Waals surface area contributed by atoms with Crippen molar-refractivity contribution in [3.63, 3.8) is 0 Å². The van der Waals surface area contributed by atoms with E-state index in [2.05, 4.69) is 26.1 Å². The maximum absolute atomic E-state index is 5.47. The molecule has 0 amide bonds. The van der Waals surface area contributed by atoms with Crippen LogP contribution < -0.4 is 5.32 Å². The lowest BCUT2D eigenvalue weighted by molar-refractivity contribution is 0.00875. The molecule has 0 bridgehead atoms. The molecule has 1 unspecified atom stereocenters. The van der Waals surface area contributed by atoms with Gasteiger partial charge in [0.15, 0.2) is 0 Å². The van der Waals surface area contributed by atoms with E-state index < -0.39 is 0 Å². The van der Waals surface area contributed by atoms with Crippen LogP contribution in [0, 0.1) is 5.92 Å². The fourth-order valence-electron chi connectivity index (χ4n) is 2.21. The minimum absolute atomic E-state index is 0.0391. The van der Waals surface area contributed by atoms with Gasteiger partial charge in [0.1, 0.15) is 0 Å². The highest BCUT2D eigenvalue weighted by Crippen LogP contribution is 2.32. The zero-order valence-electron chi connectivity index (χ0n) is 10.8. The van der Waals surface area contributed by atoms with Crippen molar-refractivity contribution in [2.24, 2.45) is 5.92 Å². The first-order valence-electron chi connectivity index (χ1n) is 6.37. The summed E-state index contributed by atoms with van der Waals surface area (Å²) in [5, 5.41) is 3.63. The Morgan fingerprint density at radius 2 is 2.07 bits per heavy atom. The van der Waals surface area contributed by atoms with Crippen LogP contribution in [-0.4, -0.2) is 25.3 Å². The molecule has 2 nitrogen and oxygen atoms in total. The summed E-state index contributed by atoms with van der Waals surface area (Å²) in [5.41, 5.74) is 0.0391. The molecule has 0 aliphatic heterocycles. The normalized spacial score (nSPS) is 20.0. The van der Waals surface area contributed by atoms with E-state index in [1.807, 2.05) is 7.11 Å². The molecular weight excluding hydrogens is 186 g/mol. The second-order valence-electron chi connectivity index (χ2n) is 5.36. The molecule has 1 N–H and O–H groups in total. The van der Waals surface area contributed by atoms with Crippen molar-refractivity contribution < 1.29 is 4.74 Å². The van der Waals surface area contributed by atoms with E-state index in [0.717, 1.165) is 24.9 Å². The highest BCUT2D eigenvalue weighted by atomic mass is 16.5. The summed E-state index contributed by atoms with van der Waals surface area (Å²) < 4.78 is 5.47. The van der Waals surface area contributed by atoms with Crippen LogP contribution in [0.2, 0.25) is 0 Å². The first kappa shape index (κ1) is 13.0. The number of nitrogens with one attached hydrogen (secondary N) is 1. The van der Waals surface area contributed by atoms with Gasteiger partial charge in [0.2, 0.25) is 0 Å². The summed E-state index contributed by atoms with van der Waals surface area (Å²) in [7, 11) is 1.81. The van der Waals surface area contributed by atoms with Crippen molar-refractivity contribution in [1.29, 1.82) is 0 Å². The molecule has 1 atom stereocenters. The lowest BCUT2D eigenvalue weighted by Crippen LogP contribution is -2.40. The number of rotatable bonds is 7. The predicted molar refractivity (Wildman–Crippen MR) is 65.1 cm³/mol. The van der Waals surface area contributed by atoms with Crippen molar-refractivity contribution in [2.75, 3.05) is 13.7 Å². The molecule has 15 heavy (non-hydrogen) atoms. The van der Waals surface area contributed by atoms with Gasteiger partial charge in [-0.25, -0.2) is 0 Å². The average molecular weight is 213 g/mol. The summed E-state index contributed by atoms with van der Waals surface area (Å²) in [5.74, 6) is 0.928. The minimum atomic E-state index is 0.0391. The van der Waals surface area contributed by atoms with Gasteiger partial charge in [0, 0.05) is 13.2 Å². The molecule has 0 saturated heterocycles. The number of methoxy groups -OCH3 is 1. The third-order valence-corrected chi connectivity index (χ3v) is 3.80. The topological polar surface area (TPSA) is 21.3 Å². The maximum atomic E-state index is 5.47. The average Bonchev–Trinajstić information content (AvgIpc) is 2.12. The molecule has 0 aromatic rings. The van der Waals surface area contributed by atoms with E-state index >= 15 is 0 Å². The van der Waals surface area contributed by atoms with Gasteiger partial charge in [-0.15, -0.1) is 0 Å². The van der Waals surface area contributed by atoms with Gasteiger partial charge in [-0.3, -0.25) is 0 Å². The summed E-state index contributed by atoms with van der Waals surface area (Å²) >= 11 is 0. The molecule has 90 valence electrons. The van der Waals surface area contributed by atoms with Crippen molar-refractivity contribution in [2.45, 2.75) is 64.5 Å². The molecule has 1 saturated carbocycles. The summed E-state index contributed by atoms with van der Waals surface area (Å²) in [6.07, 6.45) is 6.67. The highest BCUT2D eigenvalue weighted by molar-refractivity contribution is 4.84. The number of ether oxygens (including phenoxy) is 1. The molecule has 1 aliphatic carbocycles. The molecule has 2 heteroatoms. The van der Waals surface area contributed by atoms with Crippen LogP contribution in [-0.2, 0) is 4.74 Å². The van der Waals surface area contributed by atoms with Crippen LogP contribution in [0.4, 0.5) is 0 Å². The molecule has 0 heterocycles. The third kappa shape index (κ3) is 4.12. The number of hydrogen-bond donors (Lipinski definition) is 1. The molecular formula is C13H27NO. The van der Waals surface area contributed by atoms with Crippen LogP contribution in [0.3, 0.4) is 0 Å². The first-order valence-corrected chi connectivity index (χ1v) is 6.37. The molecule has 0 aromatic heterocycles. The van der Waals surface area contributed by atoms with Gasteiger partial charge in [-0.2, -0.15) is 0 Å². The summed E-state index contributed by atoms with van der Waals surface area (Å²) in [4.78, 5) is 0. The largest absolute Gasteiger partial charge is 0.379 e. The lowest BCUT2D eigenvalue weighted by Gasteiger charge is -2.36.